The zero-order valence-electron chi connectivity index (χ0n) is 8.63. The molecule has 0 saturated heterocycles. The molecule has 0 atom stereocenters. The summed E-state index contributed by atoms with van der Waals surface area (Å²) in [5.41, 5.74) is 1.92. The van der Waals surface area contributed by atoms with Crippen LogP contribution in [0.1, 0.15) is 45.7 Å². The summed E-state index contributed by atoms with van der Waals surface area (Å²) < 4.78 is 4.66. The van der Waals surface area contributed by atoms with Gasteiger partial charge in [-0.05, 0) is 24.8 Å². The molecule has 0 fully saturated rings. The Bertz CT molecular complexity index is 406. The first-order valence-corrected chi connectivity index (χ1v) is 5.06. The second-order valence-corrected chi connectivity index (χ2v) is 3.68. The predicted molar refractivity (Wildman–Crippen MR) is 54.0 cm³/mol. The number of esters is 1. The largest absolute Gasteiger partial charge is 0.464 e. The van der Waals surface area contributed by atoms with E-state index in [1.54, 1.807) is 6.20 Å². The Morgan fingerprint density at radius 3 is 2.87 bits per heavy atom. The van der Waals surface area contributed by atoms with Gasteiger partial charge in [0.15, 0.2) is 5.78 Å². The van der Waals surface area contributed by atoms with Crippen LogP contribution in [0.5, 0.6) is 0 Å². The maximum atomic E-state index is 11.7. The minimum atomic E-state index is -0.397. The molecule has 0 aromatic carbocycles. The molecule has 0 spiro atoms. The van der Waals surface area contributed by atoms with E-state index in [4.69, 9.17) is 0 Å². The Morgan fingerprint density at radius 2 is 2.13 bits per heavy atom. The van der Waals surface area contributed by atoms with E-state index in [9.17, 15) is 9.59 Å². The first kappa shape index (κ1) is 9.96. The maximum absolute atomic E-state index is 11.7. The third-order valence-corrected chi connectivity index (χ3v) is 2.76. The van der Waals surface area contributed by atoms with Gasteiger partial charge in [0.25, 0.3) is 0 Å². The highest BCUT2D eigenvalue weighted by atomic mass is 16.5. The molecule has 2 rings (SSSR count). The van der Waals surface area contributed by atoms with Gasteiger partial charge in [0, 0.05) is 18.2 Å². The third kappa shape index (κ3) is 1.67. The Morgan fingerprint density at radius 1 is 1.40 bits per heavy atom. The standard InChI is InChI=1S/C11H13NO3/c1-15-11(14)10-7-4-2-3-5-9(13)8(7)6-12-10/h6,12H,2-5H2,1H3. The highest BCUT2D eigenvalue weighted by Gasteiger charge is 2.23. The molecule has 0 amide bonds. The maximum Gasteiger partial charge on any atom is 0.354 e. The van der Waals surface area contributed by atoms with Crippen LogP contribution in [-0.4, -0.2) is 23.8 Å². The van der Waals surface area contributed by atoms with Crippen molar-refractivity contribution in [3.8, 4) is 0 Å². The molecule has 1 aliphatic carbocycles. The zero-order chi connectivity index (χ0) is 10.8. The van der Waals surface area contributed by atoms with Crippen LogP contribution >= 0.6 is 0 Å². The molecule has 1 N–H and O–H groups in total. The van der Waals surface area contributed by atoms with Crippen molar-refractivity contribution in [1.82, 2.24) is 4.98 Å². The van der Waals surface area contributed by atoms with Crippen LogP contribution < -0.4 is 0 Å². The van der Waals surface area contributed by atoms with Crippen molar-refractivity contribution >= 4 is 11.8 Å². The quantitative estimate of drug-likeness (QED) is 0.563. The number of hydrogen-bond donors (Lipinski definition) is 1. The molecule has 4 nitrogen and oxygen atoms in total. The van der Waals surface area contributed by atoms with Crippen LogP contribution in [-0.2, 0) is 11.2 Å². The first-order valence-electron chi connectivity index (χ1n) is 5.06. The molecule has 0 radical (unpaired) electrons. The summed E-state index contributed by atoms with van der Waals surface area (Å²) in [6, 6.07) is 0. The van der Waals surface area contributed by atoms with Crippen LogP contribution in [0, 0.1) is 0 Å². The van der Waals surface area contributed by atoms with E-state index in [1.165, 1.54) is 7.11 Å². The zero-order valence-corrected chi connectivity index (χ0v) is 8.63. The number of H-pyrrole nitrogens is 1. The van der Waals surface area contributed by atoms with Crippen LogP contribution in [0.15, 0.2) is 6.20 Å². The number of ketones is 1. The fourth-order valence-corrected chi connectivity index (χ4v) is 1.97. The summed E-state index contributed by atoms with van der Waals surface area (Å²) >= 11 is 0. The van der Waals surface area contributed by atoms with Gasteiger partial charge in [-0.25, -0.2) is 4.79 Å². The Kier molecular flexibility index (Phi) is 2.58. The predicted octanol–water partition coefficient (Wildman–Crippen LogP) is 1.71. The Hall–Kier alpha value is -1.58. The van der Waals surface area contributed by atoms with Crippen LogP contribution in [0.4, 0.5) is 0 Å². The smallest absolute Gasteiger partial charge is 0.354 e. The van der Waals surface area contributed by atoms with Gasteiger partial charge in [-0.1, -0.05) is 0 Å². The van der Waals surface area contributed by atoms with Crippen molar-refractivity contribution in [2.24, 2.45) is 0 Å². The van der Waals surface area contributed by atoms with Crippen molar-refractivity contribution in [1.29, 1.82) is 0 Å². The number of carbonyl (C=O) groups excluding carboxylic acids is 2. The number of ether oxygens (including phenoxy) is 1. The SMILES string of the molecule is COC(=O)c1[nH]cc2c1CCCCC2=O. The number of aromatic amines is 1. The summed E-state index contributed by atoms with van der Waals surface area (Å²) in [6.07, 6.45) is 4.81. The molecule has 0 aliphatic heterocycles. The molecule has 1 heterocycles. The van der Waals surface area contributed by atoms with Crippen LogP contribution in [0.2, 0.25) is 0 Å². The number of hydrogen-bond acceptors (Lipinski definition) is 3. The van der Waals surface area contributed by atoms with E-state index in [1.807, 2.05) is 0 Å². The second kappa shape index (κ2) is 3.88. The lowest BCUT2D eigenvalue weighted by Crippen LogP contribution is -2.06. The highest BCUT2D eigenvalue weighted by Crippen LogP contribution is 2.23. The molecule has 1 aliphatic rings. The number of nitrogens with one attached hydrogen (secondary N) is 1. The van der Waals surface area contributed by atoms with Crippen molar-refractivity contribution in [2.75, 3.05) is 7.11 Å². The van der Waals surface area contributed by atoms with Gasteiger partial charge in [0.2, 0.25) is 0 Å². The Balaban J connectivity index is 2.44. The number of carbonyl (C=O) groups is 2. The lowest BCUT2D eigenvalue weighted by Gasteiger charge is -2.01. The van der Waals surface area contributed by atoms with Gasteiger partial charge >= 0.3 is 5.97 Å². The third-order valence-electron chi connectivity index (χ3n) is 2.76. The average molecular weight is 207 g/mol. The van der Waals surface area contributed by atoms with Gasteiger partial charge < -0.3 is 9.72 Å². The van der Waals surface area contributed by atoms with E-state index >= 15 is 0 Å². The van der Waals surface area contributed by atoms with Gasteiger partial charge in [0.05, 0.1) is 7.11 Å². The lowest BCUT2D eigenvalue weighted by molar-refractivity contribution is 0.0593. The molecule has 1 aromatic rings. The van der Waals surface area contributed by atoms with Gasteiger partial charge in [-0.15, -0.1) is 0 Å². The summed E-state index contributed by atoms with van der Waals surface area (Å²) in [4.78, 5) is 25.9. The van der Waals surface area contributed by atoms with E-state index < -0.39 is 5.97 Å². The van der Waals surface area contributed by atoms with E-state index in [2.05, 4.69) is 9.72 Å². The number of rotatable bonds is 1. The monoisotopic (exact) mass is 207 g/mol. The minimum Gasteiger partial charge on any atom is -0.464 e. The second-order valence-electron chi connectivity index (χ2n) is 3.68. The van der Waals surface area contributed by atoms with E-state index in [0.29, 0.717) is 17.7 Å². The number of methoxy groups -OCH3 is 1. The molecule has 0 bridgehead atoms. The molecule has 0 saturated carbocycles. The molecule has 1 aromatic heterocycles. The van der Waals surface area contributed by atoms with Crippen molar-refractivity contribution in [3.05, 3.63) is 23.0 Å². The van der Waals surface area contributed by atoms with Crippen molar-refractivity contribution in [3.63, 3.8) is 0 Å². The molecular weight excluding hydrogens is 194 g/mol. The van der Waals surface area contributed by atoms with Crippen LogP contribution in [0.3, 0.4) is 0 Å². The lowest BCUT2D eigenvalue weighted by atomic mass is 10.1. The number of fused-ring (bicyclic) bond motifs is 1. The topological polar surface area (TPSA) is 59.2 Å². The van der Waals surface area contributed by atoms with E-state index in [0.717, 1.165) is 24.8 Å². The molecule has 0 unspecified atom stereocenters. The molecule has 4 heteroatoms. The normalized spacial score (nSPS) is 15.7. The first-order chi connectivity index (χ1) is 7.24. The summed E-state index contributed by atoms with van der Waals surface area (Å²) in [6.45, 7) is 0. The van der Waals surface area contributed by atoms with Crippen LogP contribution in [0.25, 0.3) is 0 Å². The molecular formula is C11H13NO3. The molecule has 15 heavy (non-hydrogen) atoms. The summed E-state index contributed by atoms with van der Waals surface area (Å²) in [5.74, 6) is -0.278. The minimum absolute atomic E-state index is 0.119. The average Bonchev–Trinajstić information content (AvgIpc) is 2.58. The highest BCUT2D eigenvalue weighted by molar-refractivity contribution is 6.01. The summed E-state index contributed by atoms with van der Waals surface area (Å²) in [5, 5.41) is 0. The number of aromatic nitrogens is 1. The fraction of sp³-hybridized carbons (Fsp3) is 0.455. The summed E-state index contributed by atoms with van der Waals surface area (Å²) in [7, 11) is 1.34. The number of Topliss-reactive ketones (excluding diaryl/α,β-unsaturated/α-hetero) is 1. The van der Waals surface area contributed by atoms with E-state index in [-0.39, 0.29) is 5.78 Å². The van der Waals surface area contributed by atoms with Gasteiger partial charge in [-0.3, -0.25) is 4.79 Å². The Labute approximate surface area is 87.6 Å². The van der Waals surface area contributed by atoms with Gasteiger partial charge in [-0.2, -0.15) is 0 Å². The van der Waals surface area contributed by atoms with Gasteiger partial charge in [0.1, 0.15) is 5.69 Å². The van der Waals surface area contributed by atoms with Crippen molar-refractivity contribution in [2.45, 2.75) is 25.7 Å². The fourth-order valence-electron chi connectivity index (χ4n) is 1.97. The molecule has 80 valence electrons. The van der Waals surface area contributed by atoms with Crippen molar-refractivity contribution < 1.29 is 14.3 Å².